The fourth-order valence-electron chi connectivity index (χ4n) is 2.98. The van der Waals surface area contributed by atoms with Crippen LogP contribution in [0.1, 0.15) is 63.5 Å². The minimum atomic E-state index is -1.97. The van der Waals surface area contributed by atoms with Gasteiger partial charge in [0.05, 0.1) is 0 Å². The summed E-state index contributed by atoms with van der Waals surface area (Å²) in [6.07, 6.45) is 11.5. The SMILES string of the molecule is C=CCOc1c(CCCCC)cc(CCCCC)cc1[Si](C)(C)Cl. The Morgan fingerprint density at radius 1 is 1.04 bits per heavy atom. The summed E-state index contributed by atoms with van der Waals surface area (Å²) in [5, 5.41) is 1.26. The molecule has 0 atom stereocenters. The largest absolute Gasteiger partial charge is 0.489 e. The second kappa shape index (κ2) is 11.0. The maximum atomic E-state index is 6.84. The Balaban J connectivity index is 3.20. The molecule has 1 rings (SSSR count). The van der Waals surface area contributed by atoms with Gasteiger partial charge >= 0.3 is 0 Å². The molecule has 0 aliphatic rings. The van der Waals surface area contributed by atoms with Gasteiger partial charge in [-0.25, -0.2) is 0 Å². The molecule has 0 aromatic heterocycles. The summed E-state index contributed by atoms with van der Waals surface area (Å²) < 4.78 is 6.09. The standard InChI is InChI=1S/C21H35ClOSi/c1-6-9-11-13-18-16-19(14-12-10-7-2)21(23-15-8-3)20(17-18)24(4,5)22/h8,16-17H,3,6-7,9-15H2,1-2,4-5H3. The van der Waals surface area contributed by atoms with E-state index in [0.717, 1.165) is 18.6 Å². The third-order valence-corrected chi connectivity index (χ3v) is 6.59. The van der Waals surface area contributed by atoms with Crippen LogP contribution >= 0.6 is 11.1 Å². The van der Waals surface area contributed by atoms with E-state index >= 15 is 0 Å². The van der Waals surface area contributed by atoms with E-state index in [9.17, 15) is 0 Å². The molecule has 0 radical (unpaired) electrons. The smallest absolute Gasteiger partial charge is 0.185 e. The van der Waals surface area contributed by atoms with Crippen molar-refractivity contribution < 1.29 is 4.74 Å². The van der Waals surface area contributed by atoms with E-state index in [0.29, 0.717) is 6.61 Å². The number of ether oxygens (including phenoxy) is 1. The van der Waals surface area contributed by atoms with Crippen molar-refractivity contribution in [2.75, 3.05) is 6.61 Å². The van der Waals surface area contributed by atoms with Crippen LogP contribution in [0.25, 0.3) is 0 Å². The highest BCUT2D eigenvalue weighted by atomic mass is 35.6. The molecule has 1 nitrogen and oxygen atoms in total. The molecule has 24 heavy (non-hydrogen) atoms. The fourth-order valence-corrected chi connectivity index (χ4v) is 4.71. The monoisotopic (exact) mass is 366 g/mol. The third-order valence-electron chi connectivity index (χ3n) is 4.33. The topological polar surface area (TPSA) is 9.23 Å². The van der Waals surface area contributed by atoms with Crippen LogP contribution in [0.5, 0.6) is 5.75 Å². The minimum absolute atomic E-state index is 0.546. The lowest BCUT2D eigenvalue weighted by molar-refractivity contribution is 0.361. The van der Waals surface area contributed by atoms with E-state index in [1.54, 1.807) is 0 Å². The van der Waals surface area contributed by atoms with E-state index in [2.05, 4.69) is 45.7 Å². The Kier molecular flexibility index (Phi) is 9.76. The number of hydrogen-bond acceptors (Lipinski definition) is 1. The van der Waals surface area contributed by atoms with Crippen LogP contribution < -0.4 is 9.92 Å². The van der Waals surface area contributed by atoms with Gasteiger partial charge in [-0.05, 0) is 42.0 Å². The average Bonchev–Trinajstić information content (AvgIpc) is 2.53. The lowest BCUT2D eigenvalue weighted by Crippen LogP contribution is -2.37. The fraction of sp³-hybridized carbons (Fsp3) is 0.619. The molecule has 1 aromatic rings. The van der Waals surface area contributed by atoms with Crippen LogP contribution in [0.2, 0.25) is 13.1 Å². The van der Waals surface area contributed by atoms with E-state index < -0.39 is 7.38 Å². The zero-order chi connectivity index (χ0) is 18.0. The second-order valence-corrected chi connectivity index (χ2v) is 13.4. The van der Waals surface area contributed by atoms with Crippen molar-refractivity contribution >= 4 is 23.6 Å². The van der Waals surface area contributed by atoms with Gasteiger partial charge < -0.3 is 4.74 Å². The van der Waals surface area contributed by atoms with Gasteiger partial charge in [0, 0.05) is 0 Å². The summed E-state index contributed by atoms with van der Waals surface area (Å²) in [5.41, 5.74) is 2.77. The zero-order valence-corrected chi connectivity index (χ0v) is 17.8. The molecule has 0 unspecified atom stereocenters. The van der Waals surface area contributed by atoms with Crippen molar-refractivity contribution in [3.63, 3.8) is 0 Å². The predicted octanol–water partition coefficient (Wildman–Crippen LogP) is 6.37. The highest BCUT2D eigenvalue weighted by molar-refractivity contribution is 7.26. The van der Waals surface area contributed by atoms with Gasteiger partial charge in [-0.3, -0.25) is 0 Å². The number of halogens is 1. The average molecular weight is 367 g/mol. The van der Waals surface area contributed by atoms with E-state index in [1.165, 1.54) is 54.8 Å². The molecule has 0 bridgehead atoms. The lowest BCUT2D eigenvalue weighted by atomic mass is 10.00. The predicted molar refractivity (Wildman–Crippen MR) is 112 cm³/mol. The van der Waals surface area contributed by atoms with Gasteiger partial charge in [-0.2, -0.15) is 11.1 Å². The van der Waals surface area contributed by atoms with Crippen LogP contribution in [0.15, 0.2) is 24.8 Å². The van der Waals surface area contributed by atoms with Gasteiger partial charge in [-0.1, -0.05) is 77.4 Å². The Morgan fingerprint density at radius 2 is 1.67 bits per heavy atom. The van der Waals surface area contributed by atoms with Gasteiger partial charge in [0.1, 0.15) is 12.4 Å². The van der Waals surface area contributed by atoms with Gasteiger partial charge in [0.2, 0.25) is 0 Å². The Labute approximate surface area is 155 Å². The van der Waals surface area contributed by atoms with E-state index in [4.69, 9.17) is 15.8 Å². The molecular formula is C21H35ClOSi. The Bertz CT molecular complexity index is 505. The summed E-state index contributed by atoms with van der Waals surface area (Å²) >= 11 is 6.84. The first-order valence-corrected chi connectivity index (χ1v) is 13.5. The number of unbranched alkanes of at least 4 members (excludes halogenated alkanes) is 4. The highest BCUT2D eigenvalue weighted by Gasteiger charge is 2.27. The molecule has 0 aliphatic heterocycles. The van der Waals surface area contributed by atoms with Crippen molar-refractivity contribution in [2.45, 2.75) is 78.3 Å². The number of hydrogen-bond donors (Lipinski definition) is 0. The summed E-state index contributed by atoms with van der Waals surface area (Å²) in [6, 6.07) is 4.68. The van der Waals surface area contributed by atoms with E-state index in [1.807, 2.05) is 6.08 Å². The molecule has 0 aliphatic carbocycles. The van der Waals surface area contributed by atoms with Crippen molar-refractivity contribution in [3.8, 4) is 5.75 Å². The molecule has 0 saturated heterocycles. The summed E-state index contributed by atoms with van der Waals surface area (Å²) in [4.78, 5) is 0. The zero-order valence-electron chi connectivity index (χ0n) is 16.1. The lowest BCUT2D eigenvalue weighted by Gasteiger charge is -2.23. The number of rotatable bonds is 12. The van der Waals surface area contributed by atoms with Crippen molar-refractivity contribution in [1.82, 2.24) is 0 Å². The van der Waals surface area contributed by atoms with Crippen molar-refractivity contribution in [2.24, 2.45) is 0 Å². The highest BCUT2D eigenvalue weighted by Crippen LogP contribution is 2.26. The van der Waals surface area contributed by atoms with Crippen molar-refractivity contribution in [3.05, 3.63) is 35.9 Å². The first-order chi connectivity index (χ1) is 11.4. The molecule has 0 saturated carbocycles. The molecule has 0 heterocycles. The molecule has 1 aromatic carbocycles. The maximum absolute atomic E-state index is 6.84. The van der Waals surface area contributed by atoms with Crippen LogP contribution in [-0.2, 0) is 12.8 Å². The van der Waals surface area contributed by atoms with Gasteiger partial charge in [0.25, 0.3) is 0 Å². The first-order valence-electron chi connectivity index (χ1n) is 9.52. The third kappa shape index (κ3) is 7.02. The first kappa shape index (κ1) is 21.3. The molecular weight excluding hydrogens is 332 g/mol. The summed E-state index contributed by atoms with van der Waals surface area (Å²) in [7, 11) is -1.97. The normalized spacial score (nSPS) is 11.5. The molecule has 136 valence electrons. The molecule has 0 amide bonds. The second-order valence-electron chi connectivity index (χ2n) is 7.12. The Morgan fingerprint density at radius 3 is 2.21 bits per heavy atom. The molecule has 0 fully saturated rings. The Hall–Kier alpha value is -0.733. The quantitative estimate of drug-likeness (QED) is 0.181. The summed E-state index contributed by atoms with van der Waals surface area (Å²) in [6.45, 7) is 13.2. The maximum Gasteiger partial charge on any atom is 0.185 e. The van der Waals surface area contributed by atoms with Crippen LogP contribution in [0.4, 0.5) is 0 Å². The minimum Gasteiger partial charge on any atom is -0.489 e. The van der Waals surface area contributed by atoms with Crippen molar-refractivity contribution in [1.29, 1.82) is 0 Å². The van der Waals surface area contributed by atoms with Crippen LogP contribution in [0, 0.1) is 0 Å². The van der Waals surface area contributed by atoms with E-state index in [-0.39, 0.29) is 0 Å². The van der Waals surface area contributed by atoms with Crippen LogP contribution in [0.3, 0.4) is 0 Å². The molecule has 0 N–H and O–H groups in total. The van der Waals surface area contributed by atoms with Crippen LogP contribution in [-0.4, -0.2) is 14.0 Å². The van der Waals surface area contributed by atoms with Gasteiger partial charge in [0.15, 0.2) is 7.38 Å². The van der Waals surface area contributed by atoms with Gasteiger partial charge in [-0.15, -0.1) is 0 Å². The molecule has 3 heteroatoms. The molecule has 0 spiro atoms. The number of aryl methyl sites for hydroxylation is 2. The summed E-state index contributed by atoms with van der Waals surface area (Å²) in [5.74, 6) is 1.04. The number of benzene rings is 1.